The van der Waals surface area contributed by atoms with Gasteiger partial charge >= 0.3 is 6.09 Å². The van der Waals surface area contributed by atoms with Crippen molar-refractivity contribution in [3.8, 4) is 34.4 Å². The number of carbonyl (C=O) groups excluding carboxylic acids is 1. The number of aromatic nitrogens is 4. The standard InChI is InChI=1S/C25H19N5O2/c31-25(26-15-5-6-17-11-13-18(14-12-17)24-27-29-30-28-24)32-16-23-21-9-3-1-7-19(21)20-8-2-4-10-22(20)23/h1-4,7-14,23H,15-16H2,(H,26,31)(H,27,28,29,30). The molecule has 1 aliphatic carbocycles. The SMILES string of the molecule is O=C(NCC#Cc1ccc(-c2nn[nH]n2)cc1)OCC1c2ccccc2-c2ccccc21. The number of carbonyl (C=O) groups is 1. The van der Waals surface area contributed by atoms with Crippen molar-refractivity contribution in [3.63, 3.8) is 0 Å². The molecule has 32 heavy (non-hydrogen) atoms. The number of tetrazole rings is 1. The van der Waals surface area contributed by atoms with E-state index in [1.807, 2.05) is 48.5 Å². The monoisotopic (exact) mass is 421 g/mol. The molecule has 0 spiro atoms. The third kappa shape index (κ3) is 3.94. The van der Waals surface area contributed by atoms with Crippen molar-refractivity contribution >= 4 is 6.09 Å². The topological polar surface area (TPSA) is 92.8 Å². The molecule has 1 heterocycles. The molecule has 1 aliphatic rings. The third-order valence-corrected chi connectivity index (χ3v) is 5.39. The van der Waals surface area contributed by atoms with Crippen molar-refractivity contribution in [3.05, 3.63) is 89.5 Å². The van der Waals surface area contributed by atoms with Gasteiger partial charge in [-0.1, -0.05) is 60.4 Å². The second-order valence-electron chi connectivity index (χ2n) is 7.29. The summed E-state index contributed by atoms with van der Waals surface area (Å²) >= 11 is 0. The van der Waals surface area contributed by atoms with Crippen LogP contribution in [-0.2, 0) is 4.74 Å². The molecular weight excluding hydrogens is 402 g/mol. The van der Waals surface area contributed by atoms with E-state index in [1.165, 1.54) is 22.3 Å². The summed E-state index contributed by atoms with van der Waals surface area (Å²) in [5, 5.41) is 16.5. The van der Waals surface area contributed by atoms with Gasteiger partial charge in [0.05, 0.1) is 6.54 Å². The molecule has 7 nitrogen and oxygen atoms in total. The molecule has 2 N–H and O–H groups in total. The molecule has 1 aromatic heterocycles. The molecule has 7 heteroatoms. The van der Waals surface area contributed by atoms with E-state index >= 15 is 0 Å². The number of hydrogen-bond donors (Lipinski definition) is 2. The van der Waals surface area contributed by atoms with Crippen LogP contribution in [0, 0.1) is 11.8 Å². The van der Waals surface area contributed by atoms with Crippen LogP contribution in [0.4, 0.5) is 4.79 Å². The van der Waals surface area contributed by atoms with Crippen LogP contribution in [0.25, 0.3) is 22.5 Å². The summed E-state index contributed by atoms with van der Waals surface area (Å²) in [6.45, 7) is 0.480. The van der Waals surface area contributed by atoms with Crippen molar-refractivity contribution in [2.24, 2.45) is 0 Å². The number of nitrogens with zero attached hydrogens (tertiary/aromatic N) is 3. The van der Waals surface area contributed by atoms with Crippen molar-refractivity contribution in [1.82, 2.24) is 25.9 Å². The van der Waals surface area contributed by atoms with E-state index in [2.05, 4.69) is 62.0 Å². The number of rotatable bonds is 4. The number of H-pyrrole nitrogens is 1. The molecule has 156 valence electrons. The lowest BCUT2D eigenvalue weighted by Crippen LogP contribution is -2.26. The first-order chi connectivity index (χ1) is 15.8. The fourth-order valence-electron chi connectivity index (χ4n) is 3.90. The Morgan fingerprint density at radius 2 is 1.66 bits per heavy atom. The summed E-state index contributed by atoms with van der Waals surface area (Å²) in [6, 6.07) is 24.0. The molecule has 0 atom stereocenters. The summed E-state index contributed by atoms with van der Waals surface area (Å²) in [5.74, 6) is 6.51. The quantitative estimate of drug-likeness (QED) is 0.490. The van der Waals surface area contributed by atoms with E-state index in [1.54, 1.807) is 0 Å². The Morgan fingerprint density at radius 1 is 0.969 bits per heavy atom. The predicted molar refractivity (Wildman–Crippen MR) is 120 cm³/mol. The third-order valence-electron chi connectivity index (χ3n) is 5.39. The highest BCUT2D eigenvalue weighted by Gasteiger charge is 2.28. The molecule has 0 fully saturated rings. The number of aromatic amines is 1. The highest BCUT2D eigenvalue weighted by atomic mass is 16.5. The molecule has 0 aliphatic heterocycles. The van der Waals surface area contributed by atoms with Crippen molar-refractivity contribution in [1.29, 1.82) is 0 Å². The molecule has 5 rings (SSSR count). The summed E-state index contributed by atoms with van der Waals surface area (Å²) in [6.07, 6.45) is -0.478. The fraction of sp³-hybridized carbons (Fsp3) is 0.120. The van der Waals surface area contributed by atoms with Crippen LogP contribution in [0.5, 0.6) is 0 Å². The summed E-state index contributed by atoms with van der Waals surface area (Å²) < 4.78 is 5.51. The Kier molecular flexibility index (Phi) is 5.33. The van der Waals surface area contributed by atoms with E-state index in [9.17, 15) is 4.79 Å². The molecule has 0 radical (unpaired) electrons. The Morgan fingerprint density at radius 3 is 2.31 bits per heavy atom. The minimum Gasteiger partial charge on any atom is -0.449 e. The van der Waals surface area contributed by atoms with Gasteiger partial charge in [0.1, 0.15) is 6.61 Å². The molecule has 4 aromatic rings. The lowest BCUT2D eigenvalue weighted by molar-refractivity contribution is 0.144. The minimum absolute atomic E-state index is 0.0388. The van der Waals surface area contributed by atoms with Crippen molar-refractivity contribution < 1.29 is 9.53 Å². The Bertz CT molecular complexity index is 1260. The van der Waals surface area contributed by atoms with Gasteiger partial charge in [0.25, 0.3) is 0 Å². The first kappa shape index (κ1) is 19.5. The first-order valence-electron chi connectivity index (χ1n) is 10.2. The zero-order valence-corrected chi connectivity index (χ0v) is 17.1. The Hall–Kier alpha value is -4.44. The van der Waals surface area contributed by atoms with Crippen molar-refractivity contribution in [2.45, 2.75) is 5.92 Å². The van der Waals surface area contributed by atoms with Crippen LogP contribution in [0.15, 0.2) is 72.8 Å². The van der Waals surface area contributed by atoms with Crippen LogP contribution in [-0.4, -0.2) is 39.9 Å². The van der Waals surface area contributed by atoms with Crippen LogP contribution < -0.4 is 5.32 Å². The largest absolute Gasteiger partial charge is 0.449 e. The second-order valence-corrected chi connectivity index (χ2v) is 7.29. The second kappa shape index (κ2) is 8.74. The maximum absolute atomic E-state index is 12.2. The number of alkyl carbamates (subject to hydrolysis) is 1. The molecule has 0 unspecified atom stereocenters. The number of nitrogens with one attached hydrogen (secondary N) is 2. The van der Waals surface area contributed by atoms with E-state index in [0.29, 0.717) is 5.82 Å². The molecule has 0 saturated carbocycles. The number of fused-ring (bicyclic) bond motifs is 3. The summed E-state index contributed by atoms with van der Waals surface area (Å²) in [4.78, 5) is 12.2. The molecule has 1 amide bonds. The number of ether oxygens (including phenoxy) is 1. The van der Waals surface area contributed by atoms with Gasteiger partial charge in [0.15, 0.2) is 0 Å². The Balaban J connectivity index is 1.15. The summed E-state index contributed by atoms with van der Waals surface area (Å²) in [7, 11) is 0. The molecule has 0 bridgehead atoms. The molecular formula is C25H19N5O2. The van der Waals surface area contributed by atoms with E-state index in [4.69, 9.17) is 4.74 Å². The van der Waals surface area contributed by atoms with Gasteiger partial charge in [0, 0.05) is 17.0 Å². The van der Waals surface area contributed by atoms with Gasteiger partial charge in [-0.15, -0.1) is 10.2 Å². The summed E-state index contributed by atoms with van der Waals surface area (Å²) in [5.41, 5.74) is 6.45. The van der Waals surface area contributed by atoms with Gasteiger partial charge in [-0.25, -0.2) is 4.79 Å². The van der Waals surface area contributed by atoms with Crippen LogP contribution in [0.3, 0.4) is 0 Å². The highest BCUT2D eigenvalue weighted by Crippen LogP contribution is 2.44. The average molecular weight is 421 g/mol. The van der Waals surface area contributed by atoms with Gasteiger partial charge in [-0.05, 0) is 51.7 Å². The number of hydrogen-bond acceptors (Lipinski definition) is 5. The number of benzene rings is 3. The zero-order valence-electron chi connectivity index (χ0n) is 17.1. The first-order valence-corrected chi connectivity index (χ1v) is 10.2. The van der Waals surface area contributed by atoms with Gasteiger partial charge in [-0.2, -0.15) is 5.21 Å². The van der Waals surface area contributed by atoms with E-state index in [-0.39, 0.29) is 19.1 Å². The number of amides is 1. The fourth-order valence-corrected chi connectivity index (χ4v) is 3.90. The average Bonchev–Trinajstić information content (AvgIpc) is 3.48. The highest BCUT2D eigenvalue weighted by molar-refractivity contribution is 5.79. The van der Waals surface area contributed by atoms with Gasteiger partial charge in [0.2, 0.25) is 5.82 Å². The normalized spacial score (nSPS) is 11.8. The van der Waals surface area contributed by atoms with E-state index in [0.717, 1.165) is 11.1 Å². The van der Waals surface area contributed by atoms with Crippen LogP contribution in [0.1, 0.15) is 22.6 Å². The van der Waals surface area contributed by atoms with Gasteiger partial charge in [-0.3, -0.25) is 0 Å². The van der Waals surface area contributed by atoms with Crippen LogP contribution >= 0.6 is 0 Å². The lowest BCUT2D eigenvalue weighted by atomic mass is 9.98. The van der Waals surface area contributed by atoms with Crippen molar-refractivity contribution in [2.75, 3.05) is 13.2 Å². The smallest absolute Gasteiger partial charge is 0.407 e. The maximum Gasteiger partial charge on any atom is 0.407 e. The minimum atomic E-state index is -0.478. The predicted octanol–water partition coefficient (Wildman–Crippen LogP) is 3.76. The Labute approximate surface area is 184 Å². The van der Waals surface area contributed by atoms with E-state index < -0.39 is 6.09 Å². The maximum atomic E-state index is 12.2. The molecule has 3 aromatic carbocycles. The van der Waals surface area contributed by atoms with Gasteiger partial charge < -0.3 is 10.1 Å². The zero-order chi connectivity index (χ0) is 21.8. The lowest BCUT2D eigenvalue weighted by Gasteiger charge is -2.14. The molecule has 0 saturated heterocycles. The van der Waals surface area contributed by atoms with Crippen LogP contribution in [0.2, 0.25) is 0 Å².